The van der Waals surface area contributed by atoms with Crippen molar-refractivity contribution in [2.45, 2.75) is 39.8 Å². The number of benzene rings is 1. The molecule has 2 heterocycles. The number of rotatable bonds is 6. The molecule has 1 saturated heterocycles. The number of aryl methyl sites for hydroxylation is 1. The summed E-state index contributed by atoms with van der Waals surface area (Å²) in [5.41, 5.74) is 1.52. The predicted octanol–water partition coefficient (Wildman–Crippen LogP) is 1.84. The van der Waals surface area contributed by atoms with E-state index in [0.717, 1.165) is 43.5 Å². The van der Waals surface area contributed by atoms with Gasteiger partial charge < -0.3 is 14.8 Å². The molecule has 152 valence electrons. The van der Waals surface area contributed by atoms with Gasteiger partial charge in [0.15, 0.2) is 0 Å². The molecule has 0 aliphatic carbocycles. The average molecular weight is 387 g/mol. The lowest BCUT2D eigenvalue weighted by Crippen LogP contribution is -2.49. The third-order valence-corrected chi connectivity index (χ3v) is 5.46. The molecular weight excluding hydrogens is 358 g/mol. The number of amides is 1. The van der Waals surface area contributed by atoms with Gasteiger partial charge >= 0.3 is 5.63 Å². The van der Waals surface area contributed by atoms with E-state index >= 15 is 0 Å². The maximum Gasteiger partial charge on any atom is 0.336 e. The molecule has 1 aromatic carbocycles. The molecule has 1 amide bonds. The molecule has 1 fully saturated rings. The summed E-state index contributed by atoms with van der Waals surface area (Å²) >= 11 is 0. The second kappa shape index (κ2) is 8.75. The minimum Gasteiger partial charge on any atom is -0.508 e. The van der Waals surface area contributed by atoms with E-state index in [0.29, 0.717) is 24.2 Å². The van der Waals surface area contributed by atoms with E-state index in [1.165, 1.54) is 6.07 Å². The number of carbonyl (C=O) groups excluding carboxylic acids is 1. The Bertz CT molecular complexity index is 900. The molecular formula is C21H29N3O4. The van der Waals surface area contributed by atoms with Crippen molar-refractivity contribution < 1.29 is 14.3 Å². The molecule has 2 N–H and O–H groups in total. The van der Waals surface area contributed by atoms with Crippen LogP contribution in [0, 0.1) is 6.92 Å². The zero-order chi connectivity index (χ0) is 20.3. The van der Waals surface area contributed by atoms with Crippen molar-refractivity contribution in [2.24, 2.45) is 0 Å². The summed E-state index contributed by atoms with van der Waals surface area (Å²) in [6.45, 7) is 10.2. The number of hydrogen-bond donors (Lipinski definition) is 2. The largest absolute Gasteiger partial charge is 0.508 e. The zero-order valence-electron chi connectivity index (χ0n) is 16.8. The molecule has 1 aromatic heterocycles. The molecule has 28 heavy (non-hydrogen) atoms. The SMILES string of the molecule is CCC(C)NC(=O)CN1CCN(Cc2cc(=O)oc3c(C)c(O)ccc23)CC1. The van der Waals surface area contributed by atoms with Gasteiger partial charge in [0.25, 0.3) is 0 Å². The number of piperazine rings is 1. The van der Waals surface area contributed by atoms with Crippen LogP contribution in [0.3, 0.4) is 0 Å². The lowest BCUT2D eigenvalue weighted by Gasteiger charge is -2.34. The minimum atomic E-state index is -0.406. The molecule has 1 atom stereocenters. The summed E-state index contributed by atoms with van der Waals surface area (Å²) in [6.07, 6.45) is 0.926. The van der Waals surface area contributed by atoms with Crippen molar-refractivity contribution >= 4 is 16.9 Å². The van der Waals surface area contributed by atoms with Gasteiger partial charge in [-0.05, 0) is 38.0 Å². The van der Waals surface area contributed by atoms with Crippen LogP contribution in [0.1, 0.15) is 31.4 Å². The molecule has 0 spiro atoms. The van der Waals surface area contributed by atoms with Crippen LogP contribution in [0.2, 0.25) is 0 Å². The highest BCUT2D eigenvalue weighted by atomic mass is 16.4. The standard InChI is InChI=1S/C21H29N3O4/c1-4-14(2)22-19(26)13-24-9-7-23(8-10-24)12-16-11-20(27)28-21-15(3)18(25)6-5-17(16)21/h5-6,11,14,25H,4,7-10,12-13H2,1-3H3,(H,22,26). The zero-order valence-corrected chi connectivity index (χ0v) is 16.8. The maximum atomic E-state index is 12.1. The maximum absolute atomic E-state index is 12.1. The Morgan fingerprint density at radius 3 is 2.61 bits per heavy atom. The fraction of sp³-hybridized carbons (Fsp3) is 0.524. The van der Waals surface area contributed by atoms with Crippen LogP contribution in [-0.4, -0.2) is 59.6 Å². The van der Waals surface area contributed by atoms with E-state index in [-0.39, 0.29) is 17.7 Å². The Morgan fingerprint density at radius 2 is 1.93 bits per heavy atom. The van der Waals surface area contributed by atoms with Gasteiger partial charge in [-0.25, -0.2) is 4.79 Å². The second-order valence-corrected chi connectivity index (χ2v) is 7.61. The minimum absolute atomic E-state index is 0.0738. The number of nitrogens with zero attached hydrogens (tertiary/aromatic N) is 2. The first-order valence-corrected chi connectivity index (χ1v) is 9.86. The van der Waals surface area contributed by atoms with Crippen LogP contribution in [0.5, 0.6) is 5.75 Å². The molecule has 7 heteroatoms. The summed E-state index contributed by atoms with van der Waals surface area (Å²) in [7, 11) is 0. The molecule has 1 aliphatic heterocycles. The molecule has 1 unspecified atom stereocenters. The first-order valence-electron chi connectivity index (χ1n) is 9.86. The Morgan fingerprint density at radius 1 is 1.25 bits per heavy atom. The van der Waals surface area contributed by atoms with Gasteiger partial charge in [-0.2, -0.15) is 0 Å². The van der Waals surface area contributed by atoms with E-state index in [4.69, 9.17) is 4.42 Å². The molecule has 0 saturated carbocycles. The number of phenols is 1. The van der Waals surface area contributed by atoms with Gasteiger partial charge in [0.05, 0.1) is 6.54 Å². The molecule has 3 rings (SSSR count). The smallest absolute Gasteiger partial charge is 0.336 e. The monoisotopic (exact) mass is 387 g/mol. The normalized spacial score (nSPS) is 17.0. The first-order chi connectivity index (χ1) is 13.4. The lowest BCUT2D eigenvalue weighted by molar-refractivity contribution is -0.123. The molecule has 7 nitrogen and oxygen atoms in total. The van der Waals surface area contributed by atoms with Crippen molar-refractivity contribution in [3.63, 3.8) is 0 Å². The van der Waals surface area contributed by atoms with Gasteiger partial charge in [0.1, 0.15) is 11.3 Å². The van der Waals surface area contributed by atoms with E-state index in [9.17, 15) is 14.7 Å². The highest BCUT2D eigenvalue weighted by Gasteiger charge is 2.21. The van der Waals surface area contributed by atoms with E-state index in [1.54, 1.807) is 19.1 Å². The van der Waals surface area contributed by atoms with Crippen molar-refractivity contribution in [1.82, 2.24) is 15.1 Å². The quantitative estimate of drug-likeness (QED) is 0.736. The van der Waals surface area contributed by atoms with Crippen LogP contribution in [0.25, 0.3) is 11.0 Å². The second-order valence-electron chi connectivity index (χ2n) is 7.61. The van der Waals surface area contributed by atoms with E-state index in [2.05, 4.69) is 22.0 Å². The molecule has 0 bridgehead atoms. The van der Waals surface area contributed by atoms with E-state index in [1.807, 2.05) is 6.92 Å². The fourth-order valence-electron chi connectivity index (χ4n) is 3.52. The third-order valence-electron chi connectivity index (χ3n) is 5.46. The predicted molar refractivity (Wildman–Crippen MR) is 108 cm³/mol. The number of hydrogen-bond acceptors (Lipinski definition) is 6. The van der Waals surface area contributed by atoms with Crippen molar-refractivity contribution in [3.8, 4) is 5.75 Å². The summed E-state index contributed by atoms with van der Waals surface area (Å²) in [5.74, 6) is 0.196. The summed E-state index contributed by atoms with van der Waals surface area (Å²) in [5, 5.41) is 13.7. The van der Waals surface area contributed by atoms with Crippen molar-refractivity contribution in [3.05, 3.63) is 39.7 Å². The van der Waals surface area contributed by atoms with Gasteiger partial charge in [-0.1, -0.05) is 6.92 Å². The van der Waals surface area contributed by atoms with Crippen molar-refractivity contribution in [1.29, 1.82) is 0 Å². The Labute approximate surface area is 164 Å². The molecule has 2 aromatic rings. The number of nitrogens with one attached hydrogen (secondary N) is 1. The van der Waals surface area contributed by atoms with Crippen LogP contribution in [0.4, 0.5) is 0 Å². The van der Waals surface area contributed by atoms with Crippen LogP contribution in [-0.2, 0) is 11.3 Å². The van der Waals surface area contributed by atoms with Gasteiger partial charge in [0, 0.05) is 55.8 Å². The van der Waals surface area contributed by atoms with Gasteiger partial charge in [-0.3, -0.25) is 14.6 Å². The highest BCUT2D eigenvalue weighted by Crippen LogP contribution is 2.28. The Kier molecular flexibility index (Phi) is 6.36. The fourth-order valence-corrected chi connectivity index (χ4v) is 3.52. The number of fused-ring (bicyclic) bond motifs is 1. The Balaban J connectivity index is 1.63. The average Bonchev–Trinajstić information content (AvgIpc) is 2.66. The lowest BCUT2D eigenvalue weighted by atomic mass is 10.1. The third kappa shape index (κ3) is 4.72. The Hall–Kier alpha value is -2.38. The number of aromatic hydroxyl groups is 1. The van der Waals surface area contributed by atoms with Crippen molar-refractivity contribution in [2.75, 3.05) is 32.7 Å². The summed E-state index contributed by atoms with van der Waals surface area (Å²) in [4.78, 5) is 28.5. The topological polar surface area (TPSA) is 86.0 Å². The van der Waals surface area contributed by atoms with Gasteiger partial charge in [-0.15, -0.1) is 0 Å². The first kappa shape index (κ1) is 20.4. The highest BCUT2D eigenvalue weighted by molar-refractivity contribution is 5.84. The van der Waals surface area contributed by atoms with Gasteiger partial charge in [0.2, 0.25) is 5.91 Å². The summed E-state index contributed by atoms with van der Waals surface area (Å²) < 4.78 is 5.32. The summed E-state index contributed by atoms with van der Waals surface area (Å²) in [6, 6.07) is 5.17. The molecule has 0 radical (unpaired) electrons. The van der Waals surface area contributed by atoms with Crippen LogP contribution < -0.4 is 10.9 Å². The number of phenolic OH excluding ortho intramolecular Hbond substituents is 1. The molecule has 1 aliphatic rings. The van der Waals surface area contributed by atoms with Crippen LogP contribution in [0.15, 0.2) is 27.4 Å². The van der Waals surface area contributed by atoms with E-state index < -0.39 is 5.63 Å². The van der Waals surface area contributed by atoms with Crippen LogP contribution >= 0.6 is 0 Å². The number of carbonyl (C=O) groups is 1.